The minimum atomic E-state index is 0.101. The highest BCUT2D eigenvalue weighted by atomic mass is 35.5. The quantitative estimate of drug-likeness (QED) is 0.871. The normalized spacial score (nSPS) is 20.3. The summed E-state index contributed by atoms with van der Waals surface area (Å²) >= 11 is 6.09. The van der Waals surface area contributed by atoms with Crippen molar-refractivity contribution in [3.05, 3.63) is 52.8 Å². The third kappa shape index (κ3) is 2.81. The van der Waals surface area contributed by atoms with Gasteiger partial charge in [-0.3, -0.25) is 9.48 Å². The first-order valence-electron chi connectivity index (χ1n) is 7.04. The molecular weight excluding hydrogens is 286 g/mol. The van der Waals surface area contributed by atoms with Crippen LogP contribution in [0.3, 0.4) is 0 Å². The zero-order valence-electron chi connectivity index (χ0n) is 12.2. The van der Waals surface area contributed by atoms with E-state index in [9.17, 15) is 4.79 Å². The van der Waals surface area contributed by atoms with Crippen molar-refractivity contribution < 1.29 is 4.79 Å². The first kappa shape index (κ1) is 14.1. The maximum absolute atomic E-state index is 12.5. The number of nitrogens with zero attached hydrogens (tertiary/aromatic N) is 3. The van der Waals surface area contributed by atoms with Crippen LogP contribution in [-0.2, 0) is 18.4 Å². The summed E-state index contributed by atoms with van der Waals surface area (Å²) in [4.78, 5) is 14.2. The summed E-state index contributed by atoms with van der Waals surface area (Å²) in [6.45, 7) is 0.492. The van der Waals surface area contributed by atoms with Crippen LogP contribution in [0.15, 0.2) is 36.5 Å². The van der Waals surface area contributed by atoms with E-state index < -0.39 is 0 Å². The van der Waals surface area contributed by atoms with Gasteiger partial charge in [-0.05, 0) is 17.9 Å². The van der Waals surface area contributed by atoms with Gasteiger partial charge < -0.3 is 4.90 Å². The average molecular weight is 304 g/mol. The van der Waals surface area contributed by atoms with Crippen LogP contribution < -0.4 is 0 Å². The van der Waals surface area contributed by atoms with Crippen molar-refractivity contribution in [3.63, 3.8) is 0 Å². The molecule has 2 aromatic rings. The molecule has 5 heteroatoms. The number of hydrogen-bond donors (Lipinski definition) is 0. The number of hydrogen-bond acceptors (Lipinski definition) is 2. The maximum Gasteiger partial charge on any atom is 0.226 e. The topological polar surface area (TPSA) is 38.1 Å². The zero-order valence-corrected chi connectivity index (χ0v) is 12.9. The Labute approximate surface area is 129 Å². The Morgan fingerprint density at radius 3 is 2.76 bits per heavy atom. The van der Waals surface area contributed by atoms with Gasteiger partial charge in [0.15, 0.2) is 0 Å². The number of amides is 1. The molecule has 21 heavy (non-hydrogen) atoms. The molecule has 1 aromatic carbocycles. The summed E-state index contributed by atoms with van der Waals surface area (Å²) in [7, 11) is 3.66. The Morgan fingerprint density at radius 1 is 1.43 bits per heavy atom. The van der Waals surface area contributed by atoms with Crippen molar-refractivity contribution in [2.45, 2.75) is 18.9 Å². The second kappa shape index (κ2) is 5.53. The third-order valence-corrected chi connectivity index (χ3v) is 4.42. The van der Waals surface area contributed by atoms with Crippen LogP contribution in [0.2, 0.25) is 5.02 Å². The first-order valence-corrected chi connectivity index (χ1v) is 7.42. The fourth-order valence-electron chi connectivity index (χ4n) is 2.74. The molecule has 1 aliphatic rings. The van der Waals surface area contributed by atoms with Crippen LogP contribution in [-0.4, -0.2) is 27.6 Å². The zero-order chi connectivity index (χ0) is 15.0. The minimum absolute atomic E-state index is 0.101. The Bertz CT molecular complexity index is 633. The molecule has 3 rings (SSSR count). The number of aromatic nitrogens is 2. The van der Waals surface area contributed by atoms with E-state index in [4.69, 9.17) is 11.6 Å². The molecule has 4 nitrogen and oxygen atoms in total. The minimum Gasteiger partial charge on any atom is -0.340 e. The van der Waals surface area contributed by atoms with Gasteiger partial charge in [-0.1, -0.05) is 41.9 Å². The molecule has 1 aliphatic carbocycles. The van der Waals surface area contributed by atoms with E-state index in [-0.39, 0.29) is 11.8 Å². The van der Waals surface area contributed by atoms with Gasteiger partial charge in [-0.15, -0.1) is 0 Å². The Hall–Kier alpha value is -1.81. The number of rotatable bonds is 4. The van der Waals surface area contributed by atoms with Crippen molar-refractivity contribution in [1.29, 1.82) is 0 Å². The summed E-state index contributed by atoms with van der Waals surface area (Å²) in [5.41, 5.74) is 2.12. The number of benzene rings is 1. The largest absolute Gasteiger partial charge is 0.340 e. The Kier molecular flexibility index (Phi) is 3.72. The summed E-state index contributed by atoms with van der Waals surface area (Å²) in [6, 6.07) is 10.2. The van der Waals surface area contributed by atoms with Gasteiger partial charge in [0.05, 0.1) is 23.5 Å². The van der Waals surface area contributed by atoms with Gasteiger partial charge >= 0.3 is 0 Å². The first-order chi connectivity index (χ1) is 10.1. The second-order valence-corrected chi connectivity index (χ2v) is 6.02. The molecule has 110 valence electrons. The fourth-order valence-corrected chi connectivity index (χ4v) is 2.96. The smallest absolute Gasteiger partial charge is 0.226 e. The SMILES string of the molecule is CN(Cc1c(Cl)cnn1C)C(=O)C1CC1c1ccccc1. The van der Waals surface area contributed by atoms with Gasteiger partial charge in [0.1, 0.15) is 0 Å². The molecule has 0 N–H and O–H groups in total. The van der Waals surface area contributed by atoms with Crippen molar-refractivity contribution in [2.75, 3.05) is 7.05 Å². The second-order valence-electron chi connectivity index (χ2n) is 5.62. The predicted octanol–water partition coefficient (Wildman–Crippen LogP) is 2.84. The average Bonchev–Trinajstić information content (AvgIpc) is 3.24. The fraction of sp³-hybridized carbons (Fsp3) is 0.375. The summed E-state index contributed by atoms with van der Waals surface area (Å²) in [5.74, 6) is 0.647. The van der Waals surface area contributed by atoms with Crippen molar-refractivity contribution in [3.8, 4) is 0 Å². The van der Waals surface area contributed by atoms with Crippen molar-refractivity contribution >= 4 is 17.5 Å². The van der Waals surface area contributed by atoms with Crippen molar-refractivity contribution in [1.82, 2.24) is 14.7 Å². The van der Waals surface area contributed by atoms with E-state index >= 15 is 0 Å². The van der Waals surface area contributed by atoms with E-state index in [1.165, 1.54) is 5.56 Å². The summed E-state index contributed by atoms with van der Waals surface area (Å²) in [5, 5.41) is 4.70. The molecule has 1 fully saturated rings. The molecule has 1 amide bonds. The number of halogens is 1. The summed E-state index contributed by atoms with van der Waals surface area (Å²) < 4.78 is 1.72. The molecule has 2 unspecified atom stereocenters. The lowest BCUT2D eigenvalue weighted by Crippen LogP contribution is -2.29. The molecule has 0 saturated heterocycles. The monoisotopic (exact) mass is 303 g/mol. The van der Waals surface area contributed by atoms with Gasteiger partial charge in [0.25, 0.3) is 0 Å². The molecular formula is C16H18ClN3O. The highest BCUT2D eigenvalue weighted by molar-refractivity contribution is 6.31. The Morgan fingerprint density at radius 2 is 2.14 bits per heavy atom. The molecule has 0 radical (unpaired) electrons. The number of carbonyl (C=O) groups is 1. The lowest BCUT2D eigenvalue weighted by molar-refractivity contribution is -0.131. The van der Waals surface area contributed by atoms with E-state index in [1.54, 1.807) is 15.8 Å². The standard InChI is InChI=1S/C16H18ClN3O/c1-19(10-15-14(17)9-18-20(15)2)16(21)13-8-12(13)11-6-4-3-5-7-11/h3-7,9,12-13H,8,10H2,1-2H3. The number of aryl methyl sites for hydroxylation is 1. The maximum atomic E-state index is 12.5. The lowest BCUT2D eigenvalue weighted by atomic mass is 10.1. The predicted molar refractivity (Wildman–Crippen MR) is 82.0 cm³/mol. The van der Waals surface area contributed by atoms with Crippen LogP contribution in [0, 0.1) is 5.92 Å². The van der Waals surface area contributed by atoms with Gasteiger partial charge in [-0.25, -0.2) is 0 Å². The molecule has 2 atom stereocenters. The Balaban J connectivity index is 1.64. The highest BCUT2D eigenvalue weighted by Crippen LogP contribution is 2.48. The van der Waals surface area contributed by atoms with Crippen LogP contribution >= 0.6 is 11.6 Å². The van der Waals surface area contributed by atoms with Gasteiger partial charge in [0, 0.05) is 20.0 Å². The van der Waals surface area contributed by atoms with Crippen LogP contribution in [0.25, 0.3) is 0 Å². The molecule has 1 heterocycles. The third-order valence-electron chi connectivity index (χ3n) is 4.11. The van der Waals surface area contributed by atoms with Crippen LogP contribution in [0.1, 0.15) is 23.6 Å². The van der Waals surface area contributed by atoms with Gasteiger partial charge in [0.2, 0.25) is 5.91 Å². The van der Waals surface area contributed by atoms with E-state index in [0.717, 1.165) is 12.1 Å². The van der Waals surface area contributed by atoms with Crippen molar-refractivity contribution in [2.24, 2.45) is 13.0 Å². The molecule has 1 saturated carbocycles. The van der Waals surface area contributed by atoms with E-state index in [1.807, 2.05) is 32.3 Å². The van der Waals surface area contributed by atoms with Crippen LogP contribution in [0.5, 0.6) is 0 Å². The summed E-state index contributed by atoms with van der Waals surface area (Å²) in [6.07, 6.45) is 2.55. The molecule has 1 aromatic heterocycles. The van der Waals surface area contributed by atoms with E-state index in [0.29, 0.717) is 17.5 Å². The van der Waals surface area contributed by atoms with Crippen LogP contribution in [0.4, 0.5) is 0 Å². The lowest BCUT2D eigenvalue weighted by Gasteiger charge is -2.17. The van der Waals surface area contributed by atoms with Gasteiger partial charge in [-0.2, -0.15) is 5.10 Å². The highest BCUT2D eigenvalue weighted by Gasteiger charge is 2.45. The molecule has 0 spiro atoms. The number of carbonyl (C=O) groups excluding carboxylic acids is 1. The van der Waals surface area contributed by atoms with E-state index in [2.05, 4.69) is 17.2 Å². The molecule has 0 aliphatic heterocycles. The molecule has 0 bridgehead atoms.